The van der Waals surface area contributed by atoms with Crippen LogP contribution >= 0.6 is 0 Å². The molecule has 2 fully saturated rings. The van der Waals surface area contributed by atoms with Gasteiger partial charge < -0.3 is 4.90 Å². The number of piperidine rings is 1. The Morgan fingerprint density at radius 1 is 0.778 bits per heavy atom. The highest BCUT2D eigenvalue weighted by Crippen LogP contribution is 2.29. The summed E-state index contributed by atoms with van der Waals surface area (Å²) < 4.78 is 0. The van der Waals surface area contributed by atoms with Crippen LogP contribution in [-0.2, 0) is 11.2 Å². The molecule has 0 aromatic heterocycles. The molecule has 0 bridgehead atoms. The Morgan fingerprint density at radius 2 is 1.41 bits per heavy atom. The van der Waals surface area contributed by atoms with E-state index in [1.54, 1.807) is 0 Å². The lowest BCUT2D eigenvalue weighted by Crippen LogP contribution is -2.42. The van der Waals surface area contributed by atoms with Gasteiger partial charge >= 0.3 is 0 Å². The minimum atomic E-state index is 0.320. The average molecular weight is 362 g/mol. The van der Waals surface area contributed by atoms with Crippen LogP contribution in [0.4, 0.5) is 0 Å². The molecule has 4 rings (SSSR count). The van der Waals surface area contributed by atoms with Crippen molar-refractivity contribution in [1.82, 2.24) is 4.90 Å². The highest BCUT2D eigenvalue weighted by Gasteiger charge is 2.29. The van der Waals surface area contributed by atoms with Crippen molar-refractivity contribution < 1.29 is 4.79 Å². The summed E-state index contributed by atoms with van der Waals surface area (Å²) in [6.45, 7) is 1.92. The van der Waals surface area contributed by atoms with Gasteiger partial charge in [-0.1, -0.05) is 73.9 Å². The highest BCUT2D eigenvalue weighted by atomic mass is 16.2. The summed E-state index contributed by atoms with van der Waals surface area (Å²) in [6, 6.07) is 19.6. The smallest absolute Gasteiger partial charge is 0.225 e. The molecule has 2 heteroatoms. The second-order valence-corrected chi connectivity index (χ2v) is 8.37. The first-order valence-corrected chi connectivity index (χ1v) is 10.7. The number of hydrogen-bond acceptors (Lipinski definition) is 1. The number of carbonyl (C=O) groups is 1. The van der Waals surface area contributed by atoms with E-state index in [0.29, 0.717) is 17.7 Å². The van der Waals surface area contributed by atoms with Crippen molar-refractivity contribution in [3.05, 3.63) is 60.2 Å². The second kappa shape index (κ2) is 8.73. The van der Waals surface area contributed by atoms with E-state index in [2.05, 4.69) is 59.5 Å². The summed E-state index contributed by atoms with van der Waals surface area (Å²) in [5.74, 6) is 1.48. The van der Waals surface area contributed by atoms with E-state index in [1.165, 1.54) is 36.0 Å². The predicted octanol–water partition coefficient (Wildman–Crippen LogP) is 5.72. The van der Waals surface area contributed by atoms with Crippen molar-refractivity contribution in [1.29, 1.82) is 0 Å². The van der Waals surface area contributed by atoms with Crippen molar-refractivity contribution in [3.8, 4) is 11.1 Å². The molecule has 0 atom stereocenters. The summed E-state index contributed by atoms with van der Waals surface area (Å²) in [4.78, 5) is 14.9. The number of rotatable bonds is 4. The summed E-state index contributed by atoms with van der Waals surface area (Å²) in [5.41, 5.74) is 3.98. The van der Waals surface area contributed by atoms with Gasteiger partial charge in [0.1, 0.15) is 0 Å². The maximum atomic E-state index is 12.7. The molecule has 2 aliphatic rings. The summed E-state index contributed by atoms with van der Waals surface area (Å²) in [5, 5.41) is 0. The number of benzene rings is 2. The Morgan fingerprint density at radius 3 is 2.07 bits per heavy atom. The monoisotopic (exact) mass is 361 g/mol. The Kier molecular flexibility index (Phi) is 5.91. The van der Waals surface area contributed by atoms with Crippen LogP contribution in [0, 0.1) is 11.8 Å². The quantitative estimate of drug-likeness (QED) is 0.682. The number of likely N-dealkylation sites (tertiary alicyclic amines) is 1. The number of amides is 1. The number of hydrogen-bond donors (Lipinski definition) is 0. The molecule has 0 spiro atoms. The number of nitrogens with zero attached hydrogens (tertiary/aromatic N) is 1. The molecule has 142 valence electrons. The fourth-order valence-corrected chi connectivity index (χ4v) is 4.76. The van der Waals surface area contributed by atoms with Crippen LogP contribution in [-0.4, -0.2) is 23.9 Å². The molecule has 27 heavy (non-hydrogen) atoms. The van der Waals surface area contributed by atoms with Gasteiger partial charge in [-0.25, -0.2) is 0 Å². The van der Waals surface area contributed by atoms with Gasteiger partial charge in [0, 0.05) is 19.0 Å². The van der Waals surface area contributed by atoms with Crippen LogP contribution in [0.1, 0.15) is 50.5 Å². The van der Waals surface area contributed by atoms with E-state index in [1.807, 2.05) is 0 Å². The van der Waals surface area contributed by atoms with Gasteiger partial charge in [0.15, 0.2) is 0 Å². The van der Waals surface area contributed by atoms with Crippen molar-refractivity contribution in [2.24, 2.45) is 11.8 Å². The standard InChI is InChI=1S/C25H31NO/c27-25(24-9-5-2-6-10-24)26-17-15-21(16-18-26)19-20-11-13-23(14-12-20)22-7-3-1-4-8-22/h1,3-4,7-8,11-14,21,24H,2,5-6,9-10,15-19H2. The van der Waals surface area contributed by atoms with E-state index in [-0.39, 0.29) is 0 Å². The van der Waals surface area contributed by atoms with E-state index >= 15 is 0 Å². The largest absolute Gasteiger partial charge is 0.342 e. The summed E-state index contributed by atoms with van der Waals surface area (Å²) in [6.07, 6.45) is 9.48. The SMILES string of the molecule is O=C(C1CCCCC1)N1CCC(Cc2ccc(-c3ccccc3)cc2)CC1. The van der Waals surface area contributed by atoms with Crippen LogP contribution in [0.3, 0.4) is 0 Å². The van der Waals surface area contributed by atoms with E-state index in [0.717, 1.165) is 45.2 Å². The van der Waals surface area contributed by atoms with Crippen LogP contribution in [0.15, 0.2) is 54.6 Å². The molecule has 1 saturated carbocycles. The maximum absolute atomic E-state index is 12.7. The maximum Gasteiger partial charge on any atom is 0.225 e. The molecular weight excluding hydrogens is 330 g/mol. The lowest BCUT2D eigenvalue weighted by atomic mass is 9.86. The van der Waals surface area contributed by atoms with Gasteiger partial charge in [-0.3, -0.25) is 4.79 Å². The van der Waals surface area contributed by atoms with Crippen molar-refractivity contribution in [2.45, 2.75) is 51.4 Å². The van der Waals surface area contributed by atoms with E-state index < -0.39 is 0 Å². The fraction of sp³-hybridized carbons (Fsp3) is 0.480. The van der Waals surface area contributed by atoms with Gasteiger partial charge in [-0.2, -0.15) is 0 Å². The second-order valence-electron chi connectivity index (χ2n) is 8.37. The Hall–Kier alpha value is -2.09. The molecular formula is C25H31NO. The molecule has 0 radical (unpaired) electrons. The fourth-order valence-electron chi connectivity index (χ4n) is 4.76. The lowest BCUT2D eigenvalue weighted by molar-refractivity contribution is -0.138. The van der Waals surface area contributed by atoms with Gasteiger partial charge in [0.25, 0.3) is 0 Å². The van der Waals surface area contributed by atoms with Crippen LogP contribution in [0.5, 0.6) is 0 Å². The van der Waals surface area contributed by atoms with Crippen LogP contribution < -0.4 is 0 Å². The normalized spacial score (nSPS) is 19.2. The van der Waals surface area contributed by atoms with Crippen LogP contribution in [0.25, 0.3) is 11.1 Å². The van der Waals surface area contributed by atoms with Crippen molar-refractivity contribution in [2.75, 3.05) is 13.1 Å². The molecule has 2 aromatic rings. The molecule has 1 aliphatic carbocycles. The zero-order valence-corrected chi connectivity index (χ0v) is 16.3. The molecule has 1 saturated heterocycles. The molecule has 1 heterocycles. The van der Waals surface area contributed by atoms with Gasteiger partial charge in [0.05, 0.1) is 0 Å². The third-order valence-corrected chi connectivity index (χ3v) is 6.47. The van der Waals surface area contributed by atoms with E-state index in [9.17, 15) is 4.79 Å². The topological polar surface area (TPSA) is 20.3 Å². The summed E-state index contributed by atoms with van der Waals surface area (Å²) >= 11 is 0. The third kappa shape index (κ3) is 4.61. The molecule has 1 amide bonds. The minimum absolute atomic E-state index is 0.320. The van der Waals surface area contributed by atoms with Gasteiger partial charge in [-0.05, 0) is 54.7 Å². The molecule has 1 aliphatic heterocycles. The minimum Gasteiger partial charge on any atom is -0.342 e. The van der Waals surface area contributed by atoms with Gasteiger partial charge in [-0.15, -0.1) is 0 Å². The molecule has 2 nitrogen and oxygen atoms in total. The average Bonchev–Trinajstić information content (AvgIpc) is 2.76. The predicted molar refractivity (Wildman–Crippen MR) is 111 cm³/mol. The zero-order valence-electron chi connectivity index (χ0n) is 16.3. The first kappa shape index (κ1) is 18.3. The molecule has 0 unspecified atom stereocenters. The van der Waals surface area contributed by atoms with Crippen LogP contribution in [0.2, 0.25) is 0 Å². The third-order valence-electron chi connectivity index (χ3n) is 6.47. The highest BCUT2D eigenvalue weighted by molar-refractivity contribution is 5.79. The Bertz CT molecular complexity index is 723. The summed E-state index contributed by atoms with van der Waals surface area (Å²) in [7, 11) is 0. The van der Waals surface area contributed by atoms with Crippen molar-refractivity contribution >= 4 is 5.91 Å². The van der Waals surface area contributed by atoms with Gasteiger partial charge in [0.2, 0.25) is 5.91 Å². The van der Waals surface area contributed by atoms with Crippen molar-refractivity contribution in [3.63, 3.8) is 0 Å². The first-order valence-electron chi connectivity index (χ1n) is 10.7. The molecule has 0 N–H and O–H groups in total. The number of carbonyl (C=O) groups excluding carboxylic acids is 1. The molecule has 2 aromatic carbocycles. The Labute approximate surface area is 163 Å². The lowest BCUT2D eigenvalue weighted by Gasteiger charge is -2.35. The first-order chi connectivity index (χ1) is 13.3. The van der Waals surface area contributed by atoms with E-state index in [4.69, 9.17) is 0 Å². The Balaban J connectivity index is 1.28. The zero-order chi connectivity index (χ0) is 18.5.